The number of carbonyl (C=O) groups excluding carboxylic acids is 3. The number of esters is 2. The molecular formula is C18H17BrClNO6. The first-order chi connectivity index (χ1) is 12.9. The maximum atomic E-state index is 12.6. The average molecular weight is 459 g/mol. The SMILES string of the molecule is COc1ccc(Cl)cc1NC(=O)COC(=O)[C@H]1[C@H]2C[C@H]3[C@H](OC(=O)[C@@H]31)[C@@H]2Br. The summed E-state index contributed by atoms with van der Waals surface area (Å²) >= 11 is 9.47. The van der Waals surface area contributed by atoms with Gasteiger partial charge in [-0.1, -0.05) is 27.5 Å². The van der Waals surface area contributed by atoms with Gasteiger partial charge in [0.25, 0.3) is 5.91 Å². The lowest BCUT2D eigenvalue weighted by atomic mass is 9.80. The van der Waals surface area contributed by atoms with Crippen LogP contribution in [0.5, 0.6) is 5.75 Å². The molecule has 27 heavy (non-hydrogen) atoms. The number of alkyl halides is 1. The highest BCUT2D eigenvalue weighted by molar-refractivity contribution is 9.09. The number of methoxy groups -OCH3 is 1. The lowest BCUT2D eigenvalue weighted by molar-refractivity contribution is -0.157. The van der Waals surface area contributed by atoms with Crippen LogP contribution in [-0.4, -0.2) is 42.5 Å². The van der Waals surface area contributed by atoms with Gasteiger partial charge in [-0.3, -0.25) is 14.4 Å². The van der Waals surface area contributed by atoms with Crippen molar-refractivity contribution in [3.05, 3.63) is 23.2 Å². The average Bonchev–Trinajstić information content (AvgIpc) is 3.24. The summed E-state index contributed by atoms with van der Waals surface area (Å²) in [5.41, 5.74) is 0.383. The van der Waals surface area contributed by atoms with E-state index in [-0.39, 0.29) is 28.7 Å². The van der Waals surface area contributed by atoms with Crippen molar-refractivity contribution in [2.75, 3.05) is 19.0 Å². The molecule has 0 unspecified atom stereocenters. The minimum Gasteiger partial charge on any atom is -0.495 e. The fraction of sp³-hybridized carbons (Fsp3) is 0.500. The number of hydrogen-bond donors (Lipinski definition) is 1. The normalized spacial score (nSPS) is 32.9. The number of anilines is 1. The molecule has 1 aromatic rings. The van der Waals surface area contributed by atoms with Crippen LogP contribution in [0.1, 0.15) is 6.42 Å². The van der Waals surface area contributed by atoms with Crippen molar-refractivity contribution in [2.45, 2.75) is 17.4 Å². The third-order valence-electron chi connectivity index (χ3n) is 5.58. The van der Waals surface area contributed by atoms with Crippen LogP contribution in [0.25, 0.3) is 0 Å². The van der Waals surface area contributed by atoms with Gasteiger partial charge in [-0.05, 0) is 30.5 Å². The molecule has 1 amide bonds. The standard InChI is InChI=1S/C18H17BrClNO6/c1-25-11-3-2-7(20)4-10(11)21-12(22)6-26-17(23)13-8-5-9-14(13)18(24)27-16(9)15(8)19/h2-4,8-9,13-16H,5-6H2,1H3,(H,21,22)/t8-,9-,13+,14+,15-,16+/m1/s1. The summed E-state index contributed by atoms with van der Waals surface area (Å²) in [6.45, 7) is -0.458. The molecule has 1 aliphatic heterocycles. The minimum atomic E-state index is -0.570. The predicted molar refractivity (Wildman–Crippen MR) is 98.8 cm³/mol. The van der Waals surface area contributed by atoms with Crippen LogP contribution < -0.4 is 10.1 Å². The molecule has 0 radical (unpaired) electrons. The highest BCUT2D eigenvalue weighted by Crippen LogP contribution is 2.60. The van der Waals surface area contributed by atoms with Crippen LogP contribution in [-0.2, 0) is 23.9 Å². The molecule has 7 nitrogen and oxygen atoms in total. The molecular weight excluding hydrogens is 442 g/mol. The molecule has 1 aromatic carbocycles. The predicted octanol–water partition coefficient (Wildman–Crippen LogP) is 2.40. The number of amides is 1. The highest BCUT2D eigenvalue weighted by Gasteiger charge is 2.68. The number of nitrogens with one attached hydrogen (secondary N) is 1. The smallest absolute Gasteiger partial charge is 0.310 e. The first-order valence-electron chi connectivity index (χ1n) is 8.55. The first kappa shape index (κ1) is 18.6. The summed E-state index contributed by atoms with van der Waals surface area (Å²) < 4.78 is 15.7. The van der Waals surface area contributed by atoms with Crippen LogP contribution in [0.15, 0.2) is 18.2 Å². The van der Waals surface area contributed by atoms with Gasteiger partial charge in [-0.25, -0.2) is 0 Å². The van der Waals surface area contributed by atoms with Crippen molar-refractivity contribution in [3.8, 4) is 5.75 Å². The van der Waals surface area contributed by atoms with Gasteiger partial charge >= 0.3 is 11.9 Å². The second-order valence-electron chi connectivity index (χ2n) is 6.96. The zero-order chi connectivity index (χ0) is 19.3. The Kier molecular flexibility index (Phi) is 4.80. The van der Waals surface area contributed by atoms with Crippen LogP contribution in [0.2, 0.25) is 5.02 Å². The van der Waals surface area contributed by atoms with E-state index in [1.54, 1.807) is 18.2 Å². The summed E-state index contributed by atoms with van der Waals surface area (Å²) in [6, 6.07) is 4.80. The third-order valence-corrected chi connectivity index (χ3v) is 7.01. The van der Waals surface area contributed by atoms with Gasteiger partial charge in [-0.2, -0.15) is 0 Å². The molecule has 2 aliphatic carbocycles. The van der Waals surface area contributed by atoms with Crippen molar-refractivity contribution in [1.82, 2.24) is 0 Å². The maximum Gasteiger partial charge on any atom is 0.310 e. The Balaban J connectivity index is 1.38. The molecule has 9 heteroatoms. The van der Waals surface area contributed by atoms with E-state index < -0.39 is 30.3 Å². The molecule has 144 valence electrons. The summed E-state index contributed by atoms with van der Waals surface area (Å²) in [6.07, 6.45) is 0.595. The Hall–Kier alpha value is -1.80. The molecule has 1 saturated heterocycles. The molecule has 0 spiro atoms. The number of fused-ring (bicyclic) bond motifs is 1. The summed E-state index contributed by atoms with van der Waals surface area (Å²) in [5.74, 6) is -1.96. The van der Waals surface area contributed by atoms with E-state index in [1.807, 2.05) is 0 Å². The quantitative estimate of drug-likeness (QED) is 0.538. The van der Waals surface area contributed by atoms with Crippen molar-refractivity contribution < 1.29 is 28.6 Å². The molecule has 1 N–H and O–H groups in total. The summed E-state index contributed by atoms with van der Waals surface area (Å²) in [7, 11) is 1.47. The van der Waals surface area contributed by atoms with Gasteiger partial charge in [0.15, 0.2) is 6.61 Å². The molecule has 3 fully saturated rings. The second kappa shape index (κ2) is 6.98. The van der Waals surface area contributed by atoms with Crippen LogP contribution in [0.3, 0.4) is 0 Å². The van der Waals surface area contributed by atoms with Gasteiger partial charge < -0.3 is 19.5 Å². The van der Waals surface area contributed by atoms with E-state index in [0.29, 0.717) is 16.5 Å². The van der Waals surface area contributed by atoms with Gasteiger partial charge in [0.2, 0.25) is 0 Å². The van der Waals surface area contributed by atoms with Crippen molar-refractivity contribution in [1.29, 1.82) is 0 Å². The number of carbonyl (C=O) groups is 3. The molecule has 1 heterocycles. The number of rotatable bonds is 5. The molecule has 6 atom stereocenters. The Morgan fingerprint density at radius 2 is 2.15 bits per heavy atom. The lowest BCUT2D eigenvalue weighted by Gasteiger charge is -2.26. The van der Waals surface area contributed by atoms with Crippen LogP contribution >= 0.6 is 27.5 Å². The van der Waals surface area contributed by atoms with Gasteiger partial charge in [0.05, 0.1) is 29.5 Å². The van der Waals surface area contributed by atoms with E-state index in [9.17, 15) is 14.4 Å². The van der Waals surface area contributed by atoms with Crippen molar-refractivity contribution in [2.24, 2.45) is 23.7 Å². The lowest BCUT2D eigenvalue weighted by Crippen LogP contribution is -2.39. The molecule has 0 aromatic heterocycles. The zero-order valence-electron chi connectivity index (χ0n) is 14.3. The van der Waals surface area contributed by atoms with Gasteiger partial charge in [-0.15, -0.1) is 0 Å². The van der Waals surface area contributed by atoms with E-state index in [0.717, 1.165) is 6.42 Å². The Morgan fingerprint density at radius 3 is 2.89 bits per heavy atom. The van der Waals surface area contributed by atoms with Crippen molar-refractivity contribution >= 4 is 51.1 Å². The Morgan fingerprint density at radius 1 is 1.37 bits per heavy atom. The number of halogens is 2. The molecule has 2 bridgehead atoms. The van der Waals surface area contributed by atoms with E-state index in [4.69, 9.17) is 25.8 Å². The number of benzene rings is 1. The largest absolute Gasteiger partial charge is 0.495 e. The maximum absolute atomic E-state index is 12.6. The number of hydrogen-bond acceptors (Lipinski definition) is 6. The topological polar surface area (TPSA) is 90.9 Å². The zero-order valence-corrected chi connectivity index (χ0v) is 16.7. The van der Waals surface area contributed by atoms with Crippen LogP contribution in [0.4, 0.5) is 5.69 Å². The highest BCUT2D eigenvalue weighted by atomic mass is 79.9. The molecule has 2 saturated carbocycles. The first-order valence-corrected chi connectivity index (χ1v) is 9.84. The van der Waals surface area contributed by atoms with E-state index in [1.165, 1.54) is 7.11 Å². The summed E-state index contributed by atoms with van der Waals surface area (Å²) in [5, 5.41) is 3.04. The fourth-order valence-corrected chi connectivity index (χ4v) is 5.71. The Labute approximate surface area is 168 Å². The van der Waals surface area contributed by atoms with Crippen LogP contribution in [0, 0.1) is 23.7 Å². The number of ether oxygens (including phenoxy) is 3. The second-order valence-corrected chi connectivity index (χ2v) is 8.46. The fourth-order valence-electron chi connectivity index (χ4n) is 4.49. The van der Waals surface area contributed by atoms with Gasteiger partial charge in [0.1, 0.15) is 11.9 Å². The monoisotopic (exact) mass is 457 g/mol. The Bertz CT molecular complexity index is 817. The van der Waals surface area contributed by atoms with E-state index >= 15 is 0 Å². The minimum absolute atomic E-state index is 0.0139. The van der Waals surface area contributed by atoms with Gasteiger partial charge in [0, 0.05) is 10.9 Å². The molecule has 3 aliphatic rings. The summed E-state index contributed by atoms with van der Waals surface area (Å²) in [4.78, 5) is 36.8. The van der Waals surface area contributed by atoms with E-state index in [2.05, 4.69) is 21.2 Å². The third kappa shape index (κ3) is 3.08. The van der Waals surface area contributed by atoms with Crippen molar-refractivity contribution in [3.63, 3.8) is 0 Å². The molecule has 4 rings (SSSR count).